The van der Waals surface area contributed by atoms with E-state index in [1.165, 1.54) is 12.1 Å². The number of rotatable bonds is 3. The van der Waals surface area contributed by atoms with Gasteiger partial charge in [-0.15, -0.1) is 0 Å². The summed E-state index contributed by atoms with van der Waals surface area (Å²) in [6.45, 7) is 1.75. The maximum absolute atomic E-state index is 13.7. The number of hydrogen-bond acceptors (Lipinski definition) is 2. The normalized spacial score (nSPS) is 10.4. The van der Waals surface area contributed by atoms with Crippen LogP contribution in [0.2, 0.25) is 0 Å². The van der Waals surface area contributed by atoms with Crippen LogP contribution in [0.25, 0.3) is 0 Å². The van der Waals surface area contributed by atoms with Crippen LogP contribution in [0.15, 0.2) is 34.8 Å². The van der Waals surface area contributed by atoms with E-state index in [2.05, 4.69) is 21.2 Å². The molecule has 0 atom stereocenters. The van der Waals surface area contributed by atoms with Gasteiger partial charge in [-0.2, -0.15) is 0 Å². The molecule has 2 aromatic rings. The van der Waals surface area contributed by atoms with Crippen LogP contribution in [0.5, 0.6) is 0 Å². The van der Waals surface area contributed by atoms with Crippen molar-refractivity contribution in [2.45, 2.75) is 6.92 Å². The van der Waals surface area contributed by atoms with Gasteiger partial charge in [0.2, 0.25) is 0 Å². The largest absolute Gasteiger partial charge is 0.478 e. The summed E-state index contributed by atoms with van der Waals surface area (Å²) in [5.74, 6) is -2.47. The van der Waals surface area contributed by atoms with Crippen LogP contribution in [0.4, 0.5) is 20.2 Å². The zero-order chi connectivity index (χ0) is 14.9. The predicted octanol–water partition coefficient (Wildman–Crippen LogP) is 4.48. The lowest BCUT2D eigenvalue weighted by atomic mass is 10.1. The van der Waals surface area contributed by atoms with Gasteiger partial charge in [0.1, 0.15) is 11.6 Å². The molecular formula is C14H10BrF2NO2. The average molecular weight is 342 g/mol. The van der Waals surface area contributed by atoms with Crippen LogP contribution >= 0.6 is 15.9 Å². The number of anilines is 2. The third kappa shape index (κ3) is 2.96. The summed E-state index contributed by atoms with van der Waals surface area (Å²) in [6.07, 6.45) is 0. The van der Waals surface area contributed by atoms with E-state index in [1.807, 2.05) is 0 Å². The van der Waals surface area contributed by atoms with Crippen LogP contribution in [0, 0.1) is 18.6 Å². The molecule has 104 valence electrons. The second-order valence-corrected chi connectivity index (χ2v) is 5.08. The van der Waals surface area contributed by atoms with Crippen molar-refractivity contribution >= 4 is 33.3 Å². The molecule has 0 radical (unpaired) electrons. The monoisotopic (exact) mass is 341 g/mol. The van der Waals surface area contributed by atoms with Gasteiger partial charge >= 0.3 is 5.97 Å². The molecule has 0 aliphatic rings. The minimum atomic E-state index is -1.14. The Morgan fingerprint density at radius 1 is 1.15 bits per heavy atom. The molecule has 0 aromatic heterocycles. The number of halogens is 3. The molecule has 0 unspecified atom stereocenters. The minimum absolute atomic E-state index is 0.00270. The summed E-state index contributed by atoms with van der Waals surface area (Å²) in [5.41, 5.74) is 0.823. The Hall–Kier alpha value is -1.95. The molecule has 0 spiro atoms. The highest BCUT2D eigenvalue weighted by atomic mass is 79.9. The molecule has 0 aliphatic heterocycles. The molecule has 0 bridgehead atoms. The summed E-state index contributed by atoms with van der Waals surface area (Å²) in [4.78, 5) is 11.2. The summed E-state index contributed by atoms with van der Waals surface area (Å²) in [7, 11) is 0. The van der Waals surface area contributed by atoms with Crippen molar-refractivity contribution in [2.24, 2.45) is 0 Å². The number of nitrogens with one attached hydrogen (secondary N) is 1. The van der Waals surface area contributed by atoms with Gasteiger partial charge in [0, 0.05) is 6.07 Å². The highest BCUT2D eigenvalue weighted by molar-refractivity contribution is 9.10. The highest BCUT2D eigenvalue weighted by Crippen LogP contribution is 2.28. The van der Waals surface area contributed by atoms with Gasteiger partial charge in [-0.05, 0) is 41.1 Å². The standard InChI is InChI=1S/C14H10BrF2NO2/c1-7-2-3-12(8(4-7)14(19)20)18-13-6-10(16)9(15)5-11(13)17/h2-6,18H,1H3,(H,19,20). The van der Waals surface area contributed by atoms with Crippen LogP contribution in [0.3, 0.4) is 0 Å². The first-order valence-electron chi connectivity index (χ1n) is 5.64. The van der Waals surface area contributed by atoms with Gasteiger partial charge in [-0.1, -0.05) is 11.6 Å². The van der Waals surface area contributed by atoms with E-state index >= 15 is 0 Å². The average Bonchev–Trinajstić information content (AvgIpc) is 2.37. The second kappa shape index (κ2) is 5.58. The Kier molecular flexibility index (Phi) is 4.04. The lowest BCUT2D eigenvalue weighted by molar-refractivity contribution is 0.0698. The Labute approximate surface area is 122 Å². The van der Waals surface area contributed by atoms with E-state index in [4.69, 9.17) is 5.11 Å². The third-order valence-corrected chi connectivity index (χ3v) is 3.29. The minimum Gasteiger partial charge on any atom is -0.478 e. The highest BCUT2D eigenvalue weighted by Gasteiger charge is 2.13. The molecule has 3 nitrogen and oxygen atoms in total. The van der Waals surface area contributed by atoms with Gasteiger partial charge in [0.25, 0.3) is 0 Å². The summed E-state index contributed by atoms with van der Waals surface area (Å²) in [5, 5.41) is 11.7. The molecular weight excluding hydrogens is 332 g/mol. The van der Waals surface area contributed by atoms with Gasteiger partial charge in [0.05, 0.1) is 21.4 Å². The first-order valence-corrected chi connectivity index (χ1v) is 6.43. The number of benzene rings is 2. The van der Waals surface area contributed by atoms with Gasteiger partial charge in [0.15, 0.2) is 0 Å². The van der Waals surface area contributed by atoms with Crippen molar-refractivity contribution in [3.8, 4) is 0 Å². The molecule has 0 amide bonds. The molecule has 0 fully saturated rings. The SMILES string of the molecule is Cc1ccc(Nc2cc(F)c(Br)cc2F)c(C(=O)O)c1. The van der Waals surface area contributed by atoms with E-state index < -0.39 is 17.6 Å². The van der Waals surface area contributed by atoms with E-state index in [-0.39, 0.29) is 21.4 Å². The number of carboxylic acids is 1. The van der Waals surface area contributed by atoms with Crippen molar-refractivity contribution < 1.29 is 18.7 Å². The van der Waals surface area contributed by atoms with Gasteiger partial charge in [-0.3, -0.25) is 0 Å². The smallest absolute Gasteiger partial charge is 0.337 e. The van der Waals surface area contributed by atoms with E-state index in [0.29, 0.717) is 0 Å². The topological polar surface area (TPSA) is 49.3 Å². The summed E-state index contributed by atoms with van der Waals surface area (Å²) < 4.78 is 27.1. The molecule has 0 aliphatic carbocycles. The second-order valence-electron chi connectivity index (χ2n) is 4.23. The maximum Gasteiger partial charge on any atom is 0.337 e. The Morgan fingerprint density at radius 3 is 2.50 bits per heavy atom. The van der Waals surface area contributed by atoms with Crippen molar-refractivity contribution in [3.63, 3.8) is 0 Å². The van der Waals surface area contributed by atoms with Crippen molar-refractivity contribution in [3.05, 3.63) is 57.6 Å². The number of carboxylic acid groups (broad SMARTS) is 1. The molecule has 0 heterocycles. The number of aryl methyl sites for hydroxylation is 1. The quantitative estimate of drug-likeness (QED) is 0.809. The zero-order valence-corrected chi connectivity index (χ0v) is 12.0. The van der Waals surface area contributed by atoms with Crippen molar-refractivity contribution in [1.82, 2.24) is 0 Å². The Bertz CT molecular complexity index is 689. The summed E-state index contributed by atoms with van der Waals surface area (Å²) >= 11 is 2.88. The van der Waals surface area contributed by atoms with Gasteiger partial charge < -0.3 is 10.4 Å². The van der Waals surface area contributed by atoms with Crippen molar-refractivity contribution in [1.29, 1.82) is 0 Å². The fourth-order valence-electron chi connectivity index (χ4n) is 1.71. The van der Waals surface area contributed by atoms with E-state index in [0.717, 1.165) is 17.7 Å². The number of hydrogen-bond donors (Lipinski definition) is 2. The Balaban J connectivity index is 2.45. The summed E-state index contributed by atoms with van der Waals surface area (Å²) in [6, 6.07) is 6.59. The van der Waals surface area contributed by atoms with Crippen LogP contribution in [-0.4, -0.2) is 11.1 Å². The third-order valence-electron chi connectivity index (χ3n) is 2.68. The first-order chi connectivity index (χ1) is 9.38. The van der Waals surface area contributed by atoms with Crippen LogP contribution < -0.4 is 5.32 Å². The molecule has 2 rings (SSSR count). The molecule has 20 heavy (non-hydrogen) atoms. The fourth-order valence-corrected chi connectivity index (χ4v) is 2.02. The zero-order valence-electron chi connectivity index (χ0n) is 10.4. The predicted molar refractivity (Wildman–Crippen MR) is 75.5 cm³/mol. The lowest BCUT2D eigenvalue weighted by Gasteiger charge is -2.11. The maximum atomic E-state index is 13.7. The van der Waals surface area contributed by atoms with Crippen LogP contribution in [0.1, 0.15) is 15.9 Å². The lowest BCUT2D eigenvalue weighted by Crippen LogP contribution is -2.04. The van der Waals surface area contributed by atoms with Crippen LogP contribution in [-0.2, 0) is 0 Å². The first kappa shape index (κ1) is 14.5. The number of carbonyl (C=O) groups is 1. The number of aromatic carboxylic acids is 1. The fraction of sp³-hybridized carbons (Fsp3) is 0.0714. The van der Waals surface area contributed by atoms with Crippen molar-refractivity contribution in [2.75, 3.05) is 5.32 Å². The molecule has 2 aromatic carbocycles. The van der Waals surface area contributed by atoms with Gasteiger partial charge in [-0.25, -0.2) is 13.6 Å². The molecule has 0 saturated heterocycles. The molecule has 6 heteroatoms. The Morgan fingerprint density at radius 2 is 1.85 bits per heavy atom. The molecule has 2 N–H and O–H groups in total. The van der Waals surface area contributed by atoms with E-state index in [1.54, 1.807) is 13.0 Å². The molecule has 0 saturated carbocycles. The van der Waals surface area contributed by atoms with E-state index in [9.17, 15) is 13.6 Å².